The highest BCUT2D eigenvalue weighted by atomic mass is 16.5. The maximum Gasteiger partial charge on any atom is 0.315 e. The lowest BCUT2D eigenvalue weighted by molar-refractivity contribution is 0.0745. The van der Waals surface area contributed by atoms with Crippen LogP contribution in [-0.2, 0) is 16.0 Å². The van der Waals surface area contributed by atoms with Gasteiger partial charge in [-0.1, -0.05) is 0 Å². The molecule has 0 unspecified atom stereocenters. The largest absolute Gasteiger partial charge is 0.377 e. The molecule has 0 bridgehead atoms. The second kappa shape index (κ2) is 6.53. The number of H-pyrrole nitrogens is 1. The van der Waals surface area contributed by atoms with Crippen LogP contribution in [0.2, 0.25) is 0 Å². The van der Waals surface area contributed by atoms with Gasteiger partial charge in [0.15, 0.2) is 0 Å². The van der Waals surface area contributed by atoms with E-state index >= 15 is 0 Å². The second-order valence-electron chi connectivity index (χ2n) is 4.78. The standard InChI is InChI=1S/C13H19N3O4/c1-8-3-9(12(17)14-4-8)5-15-13(18)16-10-6-20-7-11(10)19-2/h3-4,10-11H,5-7H2,1-2H3,(H,14,17)(H2,15,16,18)/t10-,11+/m0/s1. The minimum Gasteiger partial charge on any atom is -0.377 e. The van der Waals surface area contributed by atoms with E-state index in [1.807, 2.05) is 6.92 Å². The Bertz CT molecular complexity index is 529. The molecule has 20 heavy (non-hydrogen) atoms. The van der Waals surface area contributed by atoms with Gasteiger partial charge in [-0.05, 0) is 18.6 Å². The monoisotopic (exact) mass is 281 g/mol. The molecule has 1 aromatic rings. The zero-order valence-electron chi connectivity index (χ0n) is 11.6. The first kappa shape index (κ1) is 14.5. The molecule has 0 aromatic carbocycles. The number of aryl methyl sites for hydroxylation is 1. The summed E-state index contributed by atoms with van der Waals surface area (Å²) in [6, 6.07) is 1.23. The number of pyridine rings is 1. The van der Waals surface area contributed by atoms with Crippen LogP contribution in [-0.4, -0.2) is 43.5 Å². The smallest absolute Gasteiger partial charge is 0.315 e. The molecule has 0 spiro atoms. The topological polar surface area (TPSA) is 92.4 Å². The van der Waals surface area contributed by atoms with Crippen LogP contribution < -0.4 is 16.2 Å². The quantitative estimate of drug-likeness (QED) is 0.718. The van der Waals surface area contributed by atoms with Gasteiger partial charge < -0.3 is 25.1 Å². The summed E-state index contributed by atoms with van der Waals surface area (Å²) in [7, 11) is 1.58. The summed E-state index contributed by atoms with van der Waals surface area (Å²) >= 11 is 0. The van der Waals surface area contributed by atoms with Gasteiger partial charge in [-0.15, -0.1) is 0 Å². The summed E-state index contributed by atoms with van der Waals surface area (Å²) in [5.74, 6) is 0. The van der Waals surface area contributed by atoms with E-state index in [0.717, 1.165) is 5.56 Å². The molecule has 0 radical (unpaired) electrons. The van der Waals surface area contributed by atoms with Crippen LogP contribution in [0.1, 0.15) is 11.1 Å². The molecule has 2 atom stereocenters. The first-order valence-corrected chi connectivity index (χ1v) is 6.43. The van der Waals surface area contributed by atoms with Crippen molar-refractivity contribution in [3.8, 4) is 0 Å². The summed E-state index contributed by atoms with van der Waals surface area (Å²) in [5.41, 5.74) is 1.26. The van der Waals surface area contributed by atoms with Gasteiger partial charge in [0.05, 0.1) is 19.3 Å². The van der Waals surface area contributed by atoms with E-state index in [-0.39, 0.29) is 30.3 Å². The minimum absolute atomic E-state index is 0.136. The van der Waals surface area contributed by atoms with Gasteiger partial charge in [0, 0.05) is 25.4 Å². The van der Waals surface area contributed by atoms with Crippen molar-refractivity contribution in [1.82, 2.24) is 15.6 Å². The SMILES string of the molecule is CO[C@@H]1COC[C@@H]1NC(=O)NCc1cc(C)c[nH]c1=O. The van der Waals surface area contributed by atoms with Crippen LogP contribution in [0.4, 0.5) is 4.79 Å². The molecule has 2 heterocycles. The highest BCUT2D eigenvalue weighted by Crippen LogP contribution is 2.08. The zero-order chi connectivity index (χ0) is 14.5. The first-order valence-electron chi connectivity index (χ1n) is 6.43. The molecule has 1 aliphatic heterocycles. The van der Waals surface area contributed by atoms with Gasteiger partial charge >= 0.3 is 6.03 Å². The Morgan fingerprint density at radius 2 is 2.35 bits per heavy atom. The van der Waals surface area contributed by atoms with Crippen LogP contribution in [0.3, 0.4) is 0 Å². The molecule has 0 aliphatic carbocycles. The molecule has 2 rings (SSSR count). The Morgan fingerprint density at radius 3 is 3.10 bits per heavy atom. The number of nitrogens with one attached hydrogen (secondary N) is 3. The number of amides is 2. The molecule has 7 nitrogen and oxygen atoms in total. The van der Waals surface area contributed by atoms with E-state index in [1.54, 1.807) is 19.4 Å². The predicted molar refractivity (Wildman–Crippen MR) is 72.6 cm³/mol. The van der Waals surface area contributed by atoms with Crippen molar-refractivity contribution in [2.75, 3.05) is 20.3 Å². The Balaban J connectivity index is 1.86. The Kier molecular flexibility index (Phi) is 4.75. The van der Waals surface area contributed by atoms with Gasteiger partial charge in [-0.3, -0.25) is 4.79 Å². The Morgan fingerprint density at radius 1 is 1.55 bits per heavy atom. The summed E-state index contributed by atoms with van der Waals surface area (Å²) in [6.07, 6.45) is 1.49. The van der Waals surface area contributed by atoms with Crippen molar-refractivity contribution < 1.29 is 14.3 Å². The van der Waals surface area contributed by atoms with Crippen LogP contribution in [0.15, 0.2) is 17.1 Å². The van der Waals surface area contributed by atoms with Crippen molar-refractivity contribution in [3.63, 3.8) is 0 Å². The third-order valence-electron chi connectivity index (χ3n) is 3.21. The number of aromatic nitrogens is 1. The number of methoxy groups -OCH3 is 1. The molecule has 110 valence electrons. The van der Waals surface area contributed by atoms with Crippen LogP contribution in [0.25, 0.3) is 0 Å². The molecular formula is C13H19N3O4. The number of aromatic amines is 1. The van der Waals surface area contributed by atoms with E-state index < -0.39 is 0 Å². The van der Waals surface area contributed by atoms with Crippen LogP contribution in [0.5, 0.6) is 0 Å². The fourth-order valence-electron chi connectivity index (χ4n) is 2.08. The molecule has 1 aliphatic rings. The number of rotatable bonds is 4. The summed E-state index contributed by atoms with van der Waals surface area (Å²) in [4.78, 5) is 26.0. The average molecular weight is 281 g/mol. The molecule has 2 amide bonds. The number of carbonyl (C=O) groups is 1. The molecule has 1 aromatic heterocycles. The van der Waals surface area contributed by atoms with E-state index in [4.69, 9.17) is 9.47 Å². The maximum atomic E-state index is 11.8. The zero-order valence-corrected chi connectivity index (χ0v) is 11.6. The van der Waals surface area contributed by atoms with Crippen molar-refractivity contribution in [1.29, 1.82) is 0 Å². The van der Waals surface area contributed by atoms with Crippen molar-refractivity contribution in [3.05, 3.63) is 33.7 Å². The van der Waals surface area contributed by atoms with E-state index in [2.05, 4.69) is 15.6 Å². The Hall–Kier alpha value is -1.86. The van der Waals surface area contributed by atoms with Crippen LogP contribution >= 0.6 is 0 Å². The van der Waals surface area contributed by atoms with Crippen LogP contribution in [0, 0.1) is 6.92 Å². The van der Waals surface area contributed by atoms with Crippen molar-refractivity contribution >= 4 is 6.03 Å². The molecule has 7 heteroatoms. The third kappa shape index (κ3) is 3.58. The number of hydrogen-bond acceptors (Lipinski definition) is 4. The minimum atomic E-state index is -0.344. The van der Waals surface area contributed by atoms with Gasteiger partial charge in [-0.2, -0.15) is 0 Å². The predicted octanol–water partition coefficient (Wildman–Crippen LogP) is -0.104. The molecular weight excluding hydrogens is 262 g/mol. The van der Waals surface area contributed by atoms with Crippen molar-refractivity contribution in [2.24, 2.45) is 0 Å². The molecule has 3 N–H and O–H groups in total. The average Bonchev–Trinajstić information content (AvgIpc) is 2.87. The first-order chi connectivity index (χ1) is 9.60. The lowest BCUT2D eigenvalue weighted by Gasteiger charge is -2.17. The summed E-state index contributed by atoms with van der Waals surface area (Å²) in [5, 5.41) is 5.43. The van der Waals surface area contributed by atoms with Gasteiger partial charge in [0.1, 0.15) is 6.10 Å². The fourth-order valence-corrected chi connectivity index (χ4v) is 2.08. The molecule has 0 saturated carbocycles. The van der Waals surface area contributed by atoms with Gasteiger partial charge in [0.25, 0.3) is 5.56 Å². The number of urea groups is 1. The summed E-state index contributed by atoms with van der Waals surface area (Å²) in [6.45, 7) is 2.95. The fraction of sp³-hybridized carbons (Fsp3) is 0.538. The molecule has 1 saturated heterocycles. The number of carbonyl (C=O) groups excluding carboxylic acids is 1. The highest BCUT2D eigenvalue weighted by Gasteiger charge is 2.29. The maximum absolute atomic E-state index is 11.8. The van der Waals surface area contributed by atoms with E-state index in [0.29, 0.717) is 18.8 Å². The highest BCUT2D eigenvalue weighted by molar-refractivity contribution is 5.74. The normalized spacial score (nSPS) is 21.7. The number of hydrogen-bond donors (Lipinski definition) is 3. The van der Waals surface area contributed by atoms with Crippen molar-refractivity contribution in [2.45, 2.75) is 25.6 Å². The summed E-state index contributed by atoms with van der Waals surface area (Å²) < 4.78 is 10.4. The Labute approximate surface area is 116 Å². The lowest BCUT2D eigenvalue weighted by Crippen LogP contribution is -2.47. The number of ether oxygens (including phenoxy) is 2. The molecule has 1 fully saturated rings. The van der Waals surface area contributed by atoms with E-state index in [1.165, 1.54) is 0 Å². The second-order valence-corrected chi connectivity index (χ2v) is 4.78. The van der Waals surface area contributed by atoms with Gasteiger partial charge in [-0.25, -0.2) is 4.79 Å². The van der Waals surface area contributed by atoms with Gasteiger partial charge in [0.2, 0.25) is 0 Å². The van der Waals surface area contributed by atoms with E-state index in [9.17, 15) is 9.59 Å². The third-order valence-corrected chi connectivity index (χ3v) is 3.21. The lowest BCUT2D eigenvalue weighted by atomic mass is 10.2.